The van der Waals surface area contributed by atoms with E-state index in [-0.39, 0.29) is 17.4 Å². The van der Waals surface area contributed by atoms with Crippen LogP contribution in [0.5, 0.6) is 0 Å². The van der Waals surface area contributed by atoms with Crippen LogP contribution in [0, 0.1) is 17.3 Å². The third-order valence-electron chi connectivity index (χ3n) is 9.31. The van der Waals surface area contributed by atoms with Gasteiger partial charge in [0.25, 0.3) is 0 Å². The highest BCUT2D eigenvalue weighted by atomic mass is 16.3. The number of fused-ring (bicyclic) bond motifs is 5. The zero-order valence-corrected chi connectivity index (χ0v) is 20.9. The van der Waals surface area contributed by atoms with E-state index < -0.39 is 5.60 Å². The first-order chi connectivity index (χ1) is 16.9. The summed E-state index contributed by atoms with van der Waals surface area (Å²) in [7, 11) is 0. The summed E-state index contributed by atoms with van der Waals surface area (Å²) >= 11 is 0. The average molecular weight is 472 g/mol. The maximum absolute atomic E-state index is 12.3. The fraction of sp³-hybridized carbons (Fsp3) is 0.533. The Morgan fingerprint density at radius 2 is 2.03 bits per heavy atom. The molecule has 0 bridgehead atoms. The lowest BCUT2D eigenvalue weighted by atomic mass is 9.58. The number of nitrogens with one attached hydrogen (secondary N) is 1. The maximum Gasteiger partial charge on any atom is 0.137 e. The molecule has 6 rings (SSSR count). The van der Waals surface area contributed by atoms with Crippen LogP contribution in [-0.2, 0) is 0 Å². The van der Waals surface area contributed by atoms with Crippen LogP contribution in [0.1, 0.15) is 70.8 Å². The van der Waals surface area contributed by atoms with E-state index in [1.165, 1.54) is 16.7 Å². The molecule has 4 aliphatic carbocycles. The number of hydrogen-bond donors (Lipinski definition) is 3. The van der Waals surface area contributed by atoms with Crippen molar-refractivity contribution in [2.45, 2.75) is 76.9 Å². The van der Waals surface area contributed by atoms with Crippen LogP contribution in [-0.4, -0.2) is 38.4 Å². The highest BCUT2D eigenvalue weighted by Gasteiger charge is 2.55. The van der Waals surface area contributed by atoms with E-state index in [0.29, 0.717) is 5.92 Å². The first kappa shape index (κ1) is 22.9. The molecule has 184 valence electrons. The van der Waals surface area contributed by atoms with Crippen molar-refractivity contribution in [1.82, 2.24) is 9.97 Å². The standard InChI is InChI=1S/C30H37N3O2/c1-3-14-31-28-24-17-20(5-8-26(24)32-18-33-28)25-7-9-27-29(25,2)12-11-22-15-21-16-23(34)6-4-19(21)10-13-30(22,27)35/h5,7-8,11,15,17-19,23,27,34-35H,3-4,6,9-10,12-14,16H2,1-2H3,(H,31,32,33)/t19?,23?,27?,29?,30-/m1/s1. The fourth-order valence-corrected chi connectivity index (χ4v) is 7.37. The van der Waals surface area contributed by atoms with Gasteiger partial charge in [0, 0.05) is 23.3 Å². The number of benzene rings is 1. The summed E-state index contributed by atoms with van der Waals surface area (Å²) < 4.78 is 0. The molecular weight excluding hydrogens is 434 g/mol. The van der Waals surface area contributed by atoms with Gasteiger partial charge >= 0.3 is 0 Å². The van der Waals surface area contributed by atoms with E-state index in [2.05, 4.69) is 65.6 Å². The molecule has 1 aromatic carbocycles. The Hall–Kier alpha value is -2.50. The SMILES string of the molecule is CCCNc1ncnc2ccc(C3=CCC4C3(C)CC=C3C=C5CC(O)CCC5CC[C@@]34O)cc12. The molecule has 4 aliphatic rings. The number of hydrogen-bond acceptors (Lipinski definition) is 5. The van der Waals surface area contributed by atoms with Gasteiger partial charge in [-0.05, 0) is 86.1 Å². The molecule has 5 nitrogen and oxygen atoms in total. The minimum atomic E-state index is -0.811. The molecular formula is C30H37N3O2. The molecule has 2 aromatic rings. The third-order valence-corrected chi connectivity index (χ3v) is 9.31. The molecule has 0 spiro atoms. The smallest absolute Gasteiger partial charge is 0.137 e. The van der Waals surface area contributed by atoms with E-state index >= 15 is 0 Å². The highest BCUT2D eigenvalue weighted by molar-refractivity contribution is 5.92. The zero-order chi connectivity index (χ0) is 24.2. The summed E-state index contributed by atoms with van der Waals surface area (Å²) in [6.45, 7) is 5.38. The van der Waals surface area contributed by atoms with Gasteiger partial charge in [-0.2, -0.15) is 0 Å². The minimum Gasteiger partial charge on any atom is -0.393 e. The topological polar surface area (TPSA) is 78.3 Å². The van der Waals surface area contributed by atoms with Crippen LogP contribution >= 0.6 is 0 Å². The van der Waals surface area contributed by atoms with Crippen LogP contribution in [0.3, 0.4) is 0 Å². The number of allylic oxidation sites excluding steroid dienone is 3. The molecule has 0 saturated heterocycles. The Labute approximate surface area is 208 Å². The van der Waals surface area contributed by atoms with Crippen LogP contribution in [0.4, 0.5) is 5.82 Å². The van der Waals surface area contributed by atoms with Crippen molar-refractivity contribution < 1.29 is 10.2 Å². The van der Waals surface area contributed by atoms with Gasteiger partial charge in [-0.3, -0.25) is 0 Å². The van der Waals surface area contributed by atoms with E-state index in [4.69, 9.17) is 0 Å². The van der Waals surface area contributed by atoms with Crippen molar-refractivity contribution in [1.29, 1.82) is 0 Å². The number of aromatic nitrogens is 2. The largest absolute Gasteiger partial charge is 0.393 e. The number of aliphatic hydroxyl groups excluding tert-OH is 1. The van der Waals surface area contributed by atoms with Gasteiger partial charge in [-0.1, -0.05) is 43.7 Å². The Bertz CT molecular complexity index is 1250. The summed E-state index contributed by atoms with van der Waals surface area (Å²) in [6, 6.07) is 6.53. The molecule has 5 atom stereocenters. The molecule has 5 heteroatoms. The van der Waals surface area contributed by atoms with Crippen LogP contribution in [0.2, 0.25) is 0 Å². The molecule has 3 N–H and O–H groups in total. The van der Waals surface area contributed by atoms with Crippen LogP contribution in [0.15, 0.2) is 53.9 Å². The Morgan fingerprint density at radius 3 is 2.89 bits per heavy atom. The number of aliphatic hydroxyl groups is 2. The van der Waals surface area contributed by atoms with E-state index in [0.717, 1.165) is 80.2 Å². The summed E-state index contributed by atoms with van der Waals surface area (Å²) in [5.74, 6) is 1.56. The molecule has 4 unspecified atom stereocenters. The molecule has 0 radical (unpaired) electrons. The van der Waals surface area contributed by atoms with Crippen molar-refractivity contribution in [3.8, 4) is 0 Å². The van der Waals surface area contributed by atoms with Gasteiger partial charge in [0.05, 0.1) is 17.2 Å². The monoisotopic (exact) mass is 471 g/mol. The molecule has 1 fully saturated rings. The minimum absolute atomic E-state index is 0.119. The summed E-state index contributed by atoms with van der Waals surface area (Å²) in [5.41, 5.74) is 5.01. The third kappa shape index (κ3) is 3.66. The summed E-state index contributed by atoms with van der Waals surface area (Å²) in [5, 5.41) is 27.0. The first-order valence-corrected chi connectivity index (χ1v) is 13.4. The number of nitrogens with zero attached hydrogens (tertiary/aromatic N) is 2. The molecule has 1 aromatic heterocycles. The molecule has 0 amide bonds. The second-order valence-corrected chi connectivity index (χ2v) is 11.4. The normalized spacial score (nSPS) is 34.2. The van der Waals surface area contributed by atoms with E-state index in [1.54, 1.807) is 6.33 Å². The van der Waals surface area contributed by atoms with Crippen molar-refractivity contribution in [3.05, 3.63) is 59.5 Å². The van der Waals surface area contributed by atoms with Gasteiger partial charge in [0.2, 0.25) is 0 Å². The predicted octanol–water partition coefficient (Wildman–Crippen LogP) is 5.80. The van der Waals surface area contributed by atoms with Crippen molar-refractivity contribution in [3.63, 3.8) is 0 Å². The lowest BCUT2D eigenvalue weighted by Gasteiger charge is -2.48. The average Bonchev–Trinajstić information content (AvgIpc) is 3.14. The maximum atomic E-state index is 12.3. The first-order valence-electron chi connectivity index (χ1n) is 13.4. The van der Waals surface area contributed by atoms with Crippen molar-refractivity contribution in [2.75, 3.05) is 11.9 Å². The molecule has 35 heavy (non-hydrogen) atoms. The zero-order valence-electron chi connectivity index (χ0n) is 20.9. The quantitative estimate of drug-likeness (QED) is 0.525. The van der Waals surface area contributed by atoms with Crippen molar-refractivity contribution >= 4 is 22.3 Å². The fourth-order valence-electron chi connectivity index (χ4n) is 7.37. The highest BCUT2D eigenvalue weighted by Crippen LogP contribution is 2.61. The van der Waals surface area contributed by atoms with E-state index in [1.807, 2.05) is 0 Å². The summed E-state index contributed by atoms with van der Waals surface area (Å²) in [6.07, 6.45) is 15.7. The Morgan fingerprint density at radius 1 is 1.14 bits per heavy atom. The van der Waals surface area contributed by atoms with Gasteiger partial charge in [0.15, 0.2) is 0 Å². The second-order valence-electron chi connectivity index (χ2n) is 11.4. The number of anilines is 1. The molecule has 0 aliphatic heterocycles. The van der Waals surface area contributed by atoms with Crippen LogP contribution in [0.25, 0.3) is 16.5 Å². The predicted molar refractivity (Wildman–Crippen MR) is 141 cm³/mol. The Balaban J connectivity index is 1.36. The molecule has 1 saturated carbocycles. The van der Waals surface area contributed by atoms with Gasteiger partial charge in [0.1, 0.15) is 12.1 Å². The summed E-state index contributed by atoms with van der Waals surface area (Å²) in [4.78, 5) is 9.00. The van der Waals surface area contributed by atoms with Gasteiger partial charge < -0.3 is 15.5 Å². The second kappa shape index (κ2) is 8.56. The Kier molecular flexibility index (Phi) is 5.61. The van der Waals surface area contributed by atoms with Crippen LogP contribution < -0.4 is 5.32 Å². The lowest BCUT2D eigenvalue weighted by molar-refractivity contribution is -0.0330. The van der Waals surface area contributed by atoms with Crippen molar-refractivity contribution in [2.24, 2.45) is 17.3 Å². The lowest BCUT2D eigenvalue weighted by Crippen LogP contribution is -2.48. The van der Waals surface area contributed by atoms with Gasteiger partial charge in [-0.25, -0.2) is 9.97 Å². The van der Waals surface area contributed by atoms with Gasteiger partial charge in [-0.15, -0.1) is 0 Å². The van der Waals surface area contributed by atoms with E-state index in [9.17, 15) is 10.2 Å². The number of rotatable bonds is 4. The molecule has 1 heterocycles.